The quantitative estimate of drug-likeness (QED) is 0.383. The van der Waals surface area contributed by atoms with Crippen LogP contribution in [-0.4, -0.2) is 25.8 Å². The molecular weight excluding hydrogens is 155 g/mol. The van der Waals surface area contributed by atoms with Gasteiger partial charge in [-0.25, -0.2) is 0 Å². The normalized spacial score (nSPS) is 0. The zero-order chi connectivity index (χ0) is 0. The number of hydrogen-bond acceptors (Lipinski definition) is 0. The molecule has 0 aliphatic rings. The van der Waals surface area contributed by atoms with Gasteiger partial charge in [-0.1, -0.05) is 0 Å². The van der Waals surface area contributed by atoms with E-state index in [1.54, 1.807) is 0 Å². The van der Waals surface area contributed by atoms with Crippen molar-refractivity contribution in [1.82, 2.24) is 0 Å². The van der Waals surface area contributed by atoms with Gasteiger partial charge in [0.1, 0.15) is 17.4 Å². The van der Waals surface area contributed by atoms with Crippen LogP contribution >= 0.6 is 0 Å². The molecule has 16 valence electrons. The number of rotatable bonds is 0. The average Bonchev–Trinajstić information content (AvgIpc) is 0. The maximum atomic E-state index is 0. The number of hydrogen-bond donors (Lipinski definition) is 0. The van der Waals surface area contributed by atoms with E-state index >= 15 is 0 Å². The maximum Gasteiger partial charge on any atom is 0.146 e. The molecule has 0 amide bonds. The second-order valence-electron chi connectivity index (χ2n) is 0. The fourth-order valence-electron chi connectivity index (χ4n) is 0. The van der Waals surface area contributed by atoms with E-state index in [1.807, 2.05) is 0 Å². The summed E-state index contributed by atoms with van der Waals surface area (Å²) in [6, 6.07) is 0. The molecule has 0 fully saturated rings. The Morgan fingerprint density at radius 2 is 1.00 bits per heavy atom. The van der Waals surface area contributed by atoms with E-state index in [1.165, 1.54) is 0 Å². The van der Waals surface area contributed by atoms with E-state index in [9.17, 15) is 0 Å². The Morgan fingerprint density at radius 1 is 1.00 bits per heavy atom. The first-order valence-electron chi connectivity index (χ1n) is 0. The molecule has 0 spiro atoms. The summed E-state index contributed by atoms with van der Waals surface area (Å²) in [5, 5.41) is 0. The summed E-state index contributed by atoms with van der Waals surface area (Å²) in [7, 11) is 0. The molecule has 0 aromatic rings. The fourth-order valence-corrected chi connectivity index (χ4v) is 0. The summed E-state index contributed by atoms with van der Waals surface area (Å²) in [6.07, 6.45) is 0. The molecule has 0 saturated heterocycles. The second kappa shape index (κ2) is 21.8. The molecule has 0 rings (SSSR count). The van der Waals surface area contributed by atoms with Crippen molar-refractivity contribution in [2.75, 3.05) is 0 Å². The summed E-state index contributed by atoms with van der Waals surface area (Å²) in [4.78, 5) is 0. The smallest absolute Gasteiger partial charge is 0 e. The Labute approximate surface area is 62.3 Å². The minimum Gasteiger partial charge on any atom is 0 e. The third kappa shape index (κ3) is 9.26. The zero-order valence-electron chi connectivity index (χ0n) is 2.69. The molecular formula is H2AlBCrZn. The molecule has 0 nitrogen and oxygen atoms in total. The van der Waals surface area contributed by atoms with E-state index in [4.69, 9.17) is 0 Å². The first-order chi connectivity index (χ1) is 0. The van der Waals surface area contributed by atoms with Crippen molar-refractivity contribution in [3.8, 4) is 0 Å². The second-order valence-corrected chi connectivity index (χ2v) is 0. The molecule has 0 aromatic carbocycles. The van der Waals surface area contributed by atoms with Gasteiger partial charge in [0.25, 0.3) is 0 Å². The summed E-state index contributed by atoms with van der Waals surface area (Å²) in [5.41, 5.74) is 0. The zero-order valence-corrected chi connectivity index (χ0v) is 8.93. The van der Waals surface area contributed by atoms with Gasteiger partial charge in [-0.15, -0.1) is 0 Å². The monoisotopic (exact) mass is 156 g/mol. The Kier molecular flexibility index (Phi) is 230. The molecule has 4 heavy (non-hydrogen) atoms. The standard InChI is InChI=1S/Al.B.Cr.Zn.2H. The summed E-state index contributed by atoms with van der Waals surface area (Å²) in [5.74, 6) is 0. The SMILES string of the molecule is [AlH2].[B].[Cr].[Zn]. The molecule has 0 saturated carbocycles. The maximum absolute atomic E-state index is 0. The fraction of sp³-hybridized carbons (Fsp3) is 0. The first kappa shape index (κ1) is 42.3. The van der Waals surface area contributed by atoms with Crippen LogP contribution in [0.15, 0.2) is 0 Å². The molecule has 0 aliphatic carbocycles. The molecule has 0 aliphatic heterocycles. The Hall–Kier alpha value is 1.75. The summed E-state index contributed by atoms with van der Waals surface area (Å²) in [6.45, 7) is 0. The first-order valence-corrected chi connectivity index (χ1v) is 0. The Bertz CT molecular complexity index is 8.00. The van der Waals surface area contributed by atoms with Gasteiger partial charge in [-0.05, 0) is 0 Å². The predicted octanol–water partition coefficient (Wildman–Crippen LogP) is -1.30. The van der Waals surface area contributed by atoms with E-state index in [0.29, 0.717) is 0 Å². The van der Waals surface area contributed by atoms with Crippen LogP contribution in [0.25, 0.3) is 0 Å². The predicted molar refractivity (Wildman–Crippen MR) is 14.3 cm³/mol. The summed E-state index contributed by atoms with van der Waals surface area (Å²) >= 11 is 0. The van der Waals surface area contributed by atoms with Gasteiger partial charge in [0.05, 0.1) is 0 Å². The van der Waals surface area contributed by atoms with E-state index in [-0.39, 0.29) is 62.6 Å². The molecule has 0 heterocycles. The van der Waals surface area contributed by atoms with Crippen molar-refractivity contribution >= 4 is 25.8 Å². The summed E-state index contributed by atoms with van der Waals surface area (Å²) < 4.78 is 0. The van der Waals surface area contributed by atoms with Gasteiger partial charge >= 0.3 is 0 Å². The van der Waals surface area contributed by atoms with Crippen molar-refractivity contribution in [3.63, 3.8) is 0 Å². The van der Waals surface area contributed by atoms with Crippen LogP contribution in [0.4, 0.5) is 0 Å². The van der Waals surface area contributed by atoms with Gasteiger partial charge in [0.15, 0.2) is 0 Å². The minimum atomic E-state index is 0. The van der Waals surface area contributed by atoms with Crippen LogP contribution in [0.3, 0.4) is 0 Å². The van der Waals surface area contributed by atoms with E-state index in [0.717, 1.165) is 0 Å². The van der Waals surface area contributed by atoms with Gasteiger partial charge < -0.3 is 0 Å². The minimum absolute atomic E-state index is 0. The largest absolute Gasteiger partial charge is 0.146 e. The molecule has 0 aromatic heterocycles. The van der Waals surface area contributed by atoms with Gasteiger partial charge in [0.2, 0.25) is 0 Å². The molecule has 4 heteroatoms. The van der Waals surface area contributed by atoms with Crippen molar-refractivity contribution in [2.45, 2.75) is 0 Å². The third-order valence-corrected chi connectivity index (χ3v) is 0. The van der Waals surface area contributed by atoms with E-state index in [2.05, 4.69) is 0 Å². The topological polar surface area (TPSA) is 0 Å². The van der Waals surface area contributed by atoms with Crippen LogP contribution in [0.2, 0.25) is 0 Å². The van der Waals surface area contributed by atoms with Gasteiger partial charge in [-0.3, -0.25) is 0 Å². The van der Waals surface area contributed by atoms with Crippen LogP contribution in [-0.2, 0) is 36.8 Å². The average molecular weight is 157 g/mol. The van der Waals surface area contributed by atoms with Crippen LogP contribution in [0, 0.1) is 0 Å². The van der Waals surface area contributed by atoms with E-state index < -0.39 is 0 Å². The molecule has 0 atom stereocenters. The Morgan fingerprint density at radius 3 is 1.00 bits per heavy atom. The van der Waals surface area contributed by atoms with Crippen LogP contribution in [0.5, 0.6) is 0 Å². The van der Waals surface area contributed by atoms with Crippen LogP contribution in [0.1, 0.15) is 0 Å². The van der Waals surface area contributed by atoms with Crippen LogP contribution < -0.4 is 0 Å². The molecule has 0 N–H and O–H groups in total. The Balaban J connectivity index is 0. The molecule has 0 bridgehead atoms. The molecule has 0 unspecified atom stereocenters. The van der Waals surface area contributed by atoms with Crippen molar-refractivity contribution in [2.24, 2.45) is 0 Å². The van der Waals surface area contributed by atoms with Gasteiger partial charge in [-0.2, -0.15) is 0 Å². The van der Waals surface area contributed by atoms with Crippen molar-refractivity contribution in [1.29, 1.82) is 0 Å². The van der Waals surface area contributed by atoms with Crippen molar-refractivity contribution < 1.29 is 36.8 Å². The molecule has 4 radical (unpaired) electrons. The van der Waals surface area contributed by atoms with Gasteiger partial charge in [0, 0.05) is 45.3 Å². The third-order valence-electron chi connectivity index (χ3n) is 0. The van der Waals surface area contributed by atoms with Crippen molar-refractivity contribution in [3.05, 3.63) is 0 Å².